The molecule has 1 atom stereocenters. The lowest BCUT2D eigenvalue weighted by atomic mass is 10.0. The first-order chi connectivity index (χ1) is 7.18. The Kier molecular flexibility index (Phi) is 2.80. The second-order valence-electron chi connectivity index (χ2n) is 3.48. The lowest BCUT2D eigenvalue weighted by Gasteiger charge is -2.11. The van der Waals surface area contributed by atoms with Gasteiger partial charge in [-0.3, -0.25) is 0 Å². The second kappa shape index (κ2) is 4.09. The molecule has 0 bridgehead atoms. The fourth-order valence-corrected chi connectivity index (χ4v) is 1.74. The van der Waals surface area contributed by atoms with E-state index in [1.54, 1.807) is 12.1 Å². The zero-order valence-corrected chi connectivity index (χ0v) is 9.16. The van der Waals surface area contributed by atoms with Crippen LogP contribution in [0.1, 0.15) is 22.9 Å². The van der Waals surface area contributed by atoms with Crippen molar-refractivity contribution in [1.29, 1.82) is 0 Å². The summed E-state index contributed by atoms with van der Waals surface area (Å²) in [5.41, 5.74) is 8.29. The van der Waals surface area contributed by atoms with Crippen molar-refractivity contribution < 1.29 is 4.42 Å². The summed E-state index contributed by atoms with van der Waals surface area (Å²) in [5, 5.41) is 0.369. The molecule has 0 aliphatic carbocycles. The Morgan fingerprint density at radius 3 is 2.53 bits per heavy atom. The van der Waals surface area contributed by atoms with E-state index in [0.29, 0.717) is 11.0 Å². The summed E-state index contributed by atoms with van der Waals surface area (Å²) in [6.07, 6.45) is 0. The van der Waals surface area contributed by atoms with Gasteiger partial charge >= 0.3 is 0 Å². The van der Waals surface area contributed by atoms with E-state index in [9.17, 15) is 0 Å². The van der Waals surface area contributed by atoms with E-state index in [-0.39, 0.29) is 6.04 Å². The van der Waals surface area contributed by atoms with Crippen LogP contribution in [0.25, 0.3) is 0 Å². The summed E-state index contributed by atoms with van der Waals surface area (Å²) in [7, 11) is 0. The molecule has 15 heavy (non-hydrogen) atoms. The molecule has 2 N–H and O–H groups in total. The predicted molar refractivity (Wildman–Crippen MR) is 60.9 cm³/mol. The first-order valence-corrected chi connectivity index (χ1v) is 5.12. The number of nitrogens with two attached hydrogens (primary N) is 1. The Morgan fingerprint density at radius 1 is 1.20 bits per heavy atom. The first kappa shape index (κ1) is 10.3. The predicted octanol–water partition coefficient (Wildman–Crippen LogP) is 3.29. The topological polar surface area (TPSA) is 39.2 Å². The van der Waals surface area contributed by atoms with Gasteiger partial charge in [0.1, 0.15) is 5.76 Å². The number of aryl methyl sites for hydroxylation is 1. The highest BCUT2D eigenvalue weighted by molar-refractivity contribution is 6.28. The minimum Gasteiger partial charge on any atom is -0.448 e. The van der Waals surface area contributed by atoms with Crippen LogP contribution in [0.2, 0.25) is 5.22 Å². The zero-order valence-electron chi connectivity index (χ0n) is 8.41. The molecule has 0 saturated heterocycles. The van der Waals surface area contributed by atoms with E-state index < -0.39 is 0 Å². The van der Waals surface area contributed by atoms with Crippen molar-refractivity contribution in [2.24, 2.45) is 5.73 Å². The number of furan rings is 1. The molecule has 1 heterocycles. The molecular weight excluding hydrogens is 210 g/mol. The molecule has 1 aromatic heterocycles. The van der Waals surface area contributed by atoms with Crippen LogP contribution in [0.4, 0.5) is 0 Å². The van der Waals surface area contributed by atoms with Gasteiger partial charge in [-0.1, -0.05) is 24.3 Å². The third-order valence-corrected chi connectivity index (χ3v) is 2.63. The summed E-state index contributed by atoms with van der Waals surface area (Å²) in [4.78, 5) is 0. The Balaban J connectivity index is 2.36. The Hall–Kier alpha value is -1.25. The molecule has 2 rings (SSSR count). The quantitative estimate of drug-likeness (QED) is 0.845. The van der Waals surface area contributed by atoms with Crippen LogP contribution in [-0.4, -0.2) is 0 Å². The largest absolute Gasteiger partial charge is 0.448 e. The fraction of sp³-hybridized carbons (Fsp3) is 0.167. The van der Waals surface area contributed by atoms with Crippen LogP contribution in [0.3, 0.4) is 0 Å². The van der Waals surface area contributed by atoms with E-state index in [0.717, 1.165) is 11.1 Å². The van der Waals surface area contributed by atoms with Crippen LogP contribution < -0.4 is 5.73 Å². The van der Waals surface area contributed by atoms with Gasteiger partial charge in [-0.25, -0.2) is 0 Å². The highest BCUT2D eigenvalue weighted by atomic mass is 35.5. The standard InChI is InChI=1S/C12H12ClNO/c1-8-4-2-3-5-9(8)12(14)10-6-7-11(13)15-10/h2-7,12H,14H2,1H3. The maximum Gasteiger partial charge on any atom is 0.193 e. The van der Waals surface area contributed by atoms with Crippen LogP contribution in [0.5, 0.6) is 0 Å². The lowest BCUT2D eigenvalue weighted by Crippen LogP contribution is -2.12. The Morgan fingerprint density at radius 2 is 1.93 bits per heavy atom. The molecule has 1 unspecified atom stereocenters. The molecule has 0 spiro atoms. The summed E-state index contributed by atoms with van der Waals surface area (Å²) >= 11 is 5.71. The van der Waals surface area contributed by atoms with E-state index in [1.807, 2.05) is 31.2 Å². The fourth-order valence-electron chi connectivity index (χ4n) is 1.58. The van der Waals surface area contributed by atoms with Crippen molar-refractivity contribution in [3.8, 4) is 0 Å². The van der Waals surface area contributed by atoms with Gasteiger partial charge in [0.25, 0.3) is 0 Å². The van der Waals surface area contributed by atoms with Gasteiger partial charge in [0.15, 0.2) is 5.22 Å². The number of hydrogen-bond acceptors (Lipinski definition) is 2. The van der Waals surface area contributed by atoms with E-state index in [2.05, 4.69) is 0 Å². The van der Waals surface area contributed by atoms with Gasteiger partial charge < -0.3 is 10.2 Å². The van der Waals surface area contributed by atoms with Gasteiger partial charge in [-0.2, -0.15) is 0 Å². The minimum atomic E-state index is -0.251. The number of rotatable bonds is 2. The average molecular weight is 222 g/mol. The molecule has 0 aliphatic rings. The third kappa shape index (κ3) is 2.06. The van der Waals surface area contributed by atoms with Crippen LogP contribution in [-0.2, 0) is 0 Å². The van der Waals surface area contributed by atoms with Gasteiger partial charge in [-0.15, -0.1) is 0 Å². The van der Waals surface area contributed by atoms with Crippen LogP contribution in [0, 0.1) is 6.92 Å². The van der Waals surface area contributed by atoms with Crippen molar-refractivity contribution in [2.75, 3.05) is 0 Å². The highest BCUT2D eigenvalue weighted by Gasteiger charge is 2.14. The van der Waals surface area contributed by atoms with E-state index in [4.69, 9.17) is 21.8 Å². The molecule has 2 aromatic rings. The molecular formula is C12H12ClNO. The molecule has 2 nitrogen and oxygen atoms in total. The second-order valence-corrected chi connectivity index (χ2v) is 3.85. The highest BCUT2D eigenvalue weighted by Crippen LogP contribution is 2.25. The van der Waals surface area contributed by atoms with Crippen molar-refractivity contribution in [1.82, 2.24) is 0 Å². The summed E-state index contributed by atoms with van der Waals surface area (Å²) in [6.45, 7) is 2.03. The summed E-state index contributed by atoms with van der Waals surface area (Å²) < 4.78 is 5.30. The SMILES string of the molecule is Cc1ccccc1C(N)c1ccc(Cl)o1. The minimum absolute atomic E-state index is 0.251. The number of halogens is 1. The van der Waals surface area contributed by atoms with Gasteiger partial charge in [0.2, 0.25) is 0 Å². The maximum absolute atomic E-state index is 6.08. The van der Waals surface area contributed by atoms with Crippen molar-refractivity contribution in [2.45, 2.75) is 13.0 Å². The smallest absolute Gasteiger partial charge is 0.193 e. The monoisotopic (exact) mass is 221 g/mol. The lowest BCUT2D eigenvalue weighted by molar-refractivity contribution is 0.491. The zero-order chi connectivity index (χ0) is 10.8. The molecule has 78 valence electrons. The van der Waals surface area contributed by atoms with Crippen LogP contribution in [0.15, 0.2) is 40.8 Å². The molecule has 0 saturated carbocycles. The third-order valence-electron chi connectivity index (χ3n) is 2.42. The van der Waals surface area contributed by atoms with Gasteiger partial charge in [0, 0.05) is 0 Å². The van der Waals surface area contributed by atoms with Crippen LogP contribution >= 0.6 is 11.6 Å². The van der Waals surface area contributed by atoms with Gasteiger partial charge in [0.05, 0.1) is 6.04 Å². The Labute approximate surface area is 93.7 Å². The molecule has 3 heteroatoms. The van der Waals surface area contributed by atoms with Crippen molar-refractivity contribution in [3.05, 3.63) is 58.5 Å². The Bertz CT molecular complexity index is 464. The summed E-state index contributed by atoms with van der Waals surface area (Å²) in [6, 6.07) is 11.2. The first-order valence-electron chi connectivity index (χ1n) is 4.75. The van der Waals surface area contributed by atoms with Crippen molar-refractivity contribution >= 4 is 11.6 Å². The molecule has 0 fully saturated rings. The van der Waals surface area contributed by atoms with E-state index >= 15 is 0 Å². The normalized spacial score (nSPS) is 12.7. The summed E-state index contributed by atoms with van der Waals surface area (Å²) in [5.74, 6) is 0.689. The molecule has 0 aliphatic heterocycles. The molecule has 1 aromatic carbocycles. The van der Waals surface area contributed by atoms with Gasteiger partial charge in [-0.05, 0) is 41.8 Å². The van der Waals surface area contributed by atoms with E-state index in [1.165, 1.54) is 0 Å². The number of benzene rings is 1. The average Bonchev–Trinajstić information content (AvgIpc) is 2.65. The maximum atomic E-state index is 6.08. The molecule has 0 radical (unpaired) electrons. The number of hydrogen-bond donors (Lipinski definition) is 1. The van der Waals surface area contributed by atoms with Crippen molar-refractivity contribution in [3.63, 3.8) is 0 Å². The molecule has 0 amide bonds.